The van der Waals surface area contributed by atoms with Crippen LogP contribution in [0, 0.1) is 11.6 Å². The minimum atomic E-state index is -0.974. The lowest BCUT2D eigenvalue weighted by Gasteiger charge is -2.12. The van der Waals surface area contributed by atoms with Gasteiger partial charge in [-0.1, -0.05) is 0 Å². The Hall–Kier alpha value is -1.12. The first kappa shape index (κ1) is 16.3. The van der Waals surface area contributed by atoms with Crippen molar-refractivity contribution >= 4 is 37.7 Å². The standard InChI is InChI=1S/C13H11Br2F2N3O/c1-18-13-10(15)8(5-21-2)19-12(20-13)6-3-4-7(16)11(17)9(6)14/h3-4H,5H2,1-2H3,(H,18,19,20). The molecule has 0 fully saturated rings. The molecule has 0 spiro atoms. The summed E-state index contributed by atoms with van der Waals surface area (Å²) in [6.45, 7) is 0.256. The second-order valence-corrected chi connectivity index (χ2v) is 5.65. The first-order chi connectivity index (χ1) is 9.99. The molecular formula is C13H11Br2F2N3O. The third kappa shape index (κ3) is 3.22. The van der Waals surface area contributed by atoms with E-state index in [1.54, 1.807) is 14.2 Å². The van der Waals surface area contributed by atoms with Crippen LogP contribution in [0.15, 0.2) is 21.1 Å². The number of rotatable bonds is 4. The number of benzene rings is 1. The summed E-state index contributed by atoms with van der Waals surface area (Å²) in [5, 5.41) is 2.91. The molecule has 0 amide bonds. The van der Waals surface area contributed by atoms with Crippen LogP contribution in [0.4, 0.5) is 14.6 Å². The van der Waals surface area contributed by atoms with Crippen molar-refractivity contribution in [1.82, 2.24) is 9.97 Å². The number of anilines is 1. The average molecular weight is 423 g/mol. The summed E-state index contributed by atoms with van der Waals surface area (Å²) in [6.07, 6.45) is 0. The Balaban J connectivity index is 2.64. The number of hydrogen-bond donors (Lipinski definition) is 1. The van der Waals surface area contributed by atoms with E-state index in [-0.39, 0.29) is 16.9 Å². The lowest BCUT2D eigenvalue weighted by Crippen LogP contribution is -2.05. The molecule has 0 bridgehead atoms. The van der Waals surface area contributed by atoms with Crippen LogP contribution in [0.2, 0.25) is 0 Å². The van der Waals surface area contributed by atoms with Gasteiger partial charge in [0.15, 0.2) is 17.5 Å². The molecule has 1 aromatic heterocycles. The van der Waals surface area contributed by atoms with Gasteiger partial charge < -0.3 is 10.1 Å². The third-order valence-electron chi connectivity index (χ3n) is 2.71. The first-order valence-electron chi connectivity index (χ1n) is 5.86. The van der Waals surface area contributed by atoms with Gasteiger partial charge in [-0.3, -0.25) is 0 Å². The lowest BCUT2D eigenvalue weighted by molar-refractivity contribution is 0.181. The molecule has 0 radical (unpaired) electrons. The molecule has 2 rings (SSSR count). The van der Waals surface area contributed by atoms with Crippen molar-refractivity contribution in [2.24, 2.45) is 0 Å². The second-order valence-electron chi connectivity index (χ2n) is 4.06. The normalized spacial score (nSPS) is 10.8. The Kier molecular flexibility index (Phi) is 5.23. The Bertz CT molecular complexity index is 683. The van der Waals surface area contributed by atoms with Gasteiger partial charge in [-0.15, -0.1) is 0 Å². The predicted octanol–water partition coefficient (Wildman–Crippen LogP) is 4.13. The topological polar surface area (TPSA) is 47.0 Å². The van der Waals surface area contributed by atoms with E-state index < -0.39 is 11.6 Å². The first-order valence-corrected chi connectivity index (χ1v) is 7.45. The summed E-state index contributed by atoms with van der Waals surface area (Å²) in [7, 11) is 3.24. The minimum Gasteiger partial charge on any atom is -0.378 e. The molecule has 0 aliphatic rings. The molecular weight excluding hydrogens is 412 g/mol. The highest BCUT2D eigenvalue weighted by atomic mass is 79.9. The number of methoxy groups -OCH3 is 1. The molecule has 0 saturated heterocycles. The van der Waals surface area contributed by atoms with Gasteiger partial charge in [-0.05, 0) is 44.0 Å². The maximum absolute atomic E-state index is 13.7. The third-order valence-corrected chi connectivity index (χ3v) is 4.32. The van der Waals surface area contributed by atoms with Crippen LogP contribution >= 0.6 is 31.9 Å². The monoisotopic (exact) mass is 421 g/mol. The summed E-state index contributed by atoms with van der Waals surface area (Å²) in [5.74, 6) is -1.11. The molecule has 0 aliphatic heterocycles. The summed E-state index contributed by atoms with van der Waals surface area (Å²) < 4.78 is 32.6. The van der Waals surface area contributed by atoms with Gasteiger partial charge in [0, 0.05) is 19.7 Å². The van der Waals surface area contributed by atoms with Crippen molar-refractivity contribution < 1.29 is 13.5 Å². The molecule has 0 unspecified atom stereocenters. The van der Waals surface area contributed by atoms with Gasteiger partial charge in [-0.25, -0.2) is 18.7 Å². The molecule has 8 heteroatoms. The number of aromatic nitrogens is 2. The van der Waals surface area contributed by atoms with Gasteiger partial charge in [-0.2, -0.15) is 0 Å². The summed E-state index contributed by atoms with van der Waals surface area (Å²) >= 11 is 6.42. The van der Waals surface area contributed by atoms with Crippen LogP contribution in [0.3, 0.4) is 0 Å². The SMILES string of the molecule is CNc1nc(-c2ccc(F)c(F)c2Br)nc(COC)c1Br. The molecule has 2 aromatic rings. The van der Waals surface area contributed by atoms with Crippen LogP contribution in [0.1, 0.15) is 5.69 Å². The lowest BCUT2D eigenvalue weighted by atomic mass is 10.2. The number of ether oxygens (including phenoxy) is 1. The Morgan fingerprint density at radius 3 is 2.52 bits per heavy atom. The fraction of sp³-hybridized carbons (Fsp3) is 0.231. The molecule has 21 heavy (non-hydrogen) atoms. The molecule has 0 aliphatic carbocycles. The van der Waals surface area contributed by atoms with Crippen molar-refractivity contribution in [2.75, 3.05) is 19.5 Å². The van der Waals surface area contributed by atoms with Crippen LogP contribution in [-0.4, -0.2) is 24.1 Å². The Morgan fingerprint density at radius 1 is 1.19 bits per heavy atom. The highest BCUT2D eigenvalue weighted by molar-refractivity contribution is 9.11. The van der Waals surface area contributed by atoms with E-state index in [1.165, 1.54) is 6.07 Å². The number of halogens is 4. The van der Waals surface area contributed by atoms with E-state index in [2.05, 4.69) is 47.1 Å². The van der Waals surface area contributed by atoms with E-state index >= 15 is 0 Å². The van der Waals surface area contributed by atoms with E-state index in [9.17, 15) is 8.78 Å². The van der Waals surface area contributed by atoms with E-state index in [0.29, 0.717) is 21.5 Å². The summed E-state index contributed by atoms with van der Waals surface area (Å²) in [4.78, 5) is 8.62. The van der Waals surface area contributed by atoms with Gasteiger partial charge >= 0.3 is 0 Å². The number of nitrogens with one attached hydrogen (secondary N) is 1. The largest absolute Gasteiger partial charge is 0.378 e. The van der Waals surface area contributed by atoms with Crippen molar-refractivity contribution in [1.29, 1.82) is 0 Å². The van der Waals surface area contributed by atoms with Crippen molar-refractivity contribution in [3.05, 3.63) is 38.4 Å². The predicted molar refractivity (Wildman–Crippen MR) is 83.0 cm³/mol. The van der Waals surface area contributed by atoms with Crippen LogP contribution in [0.5, 0.6) is 0 Å². The highest BCUT2D eigenvalue weighted by Gasteiger charge is 2.18. The zero-order valence-corrected chi connectivity index (χ0v) is 14.3. The maximum atomic E-state index is 13.7. The molecule has 0 saturated carbocycles. The number of nitrogens with zero attached hydrogens (tertiary/aromatic N) is 2. The second kappa shape index (κ2) is 6.76. The summed E-state index contributed by atoms with van der Waals surface area (Å²) in [5.41, 5.74) is 0.957. The smallest absolute Gasteiger partial charge is 0.173 e. The highest BCUT2D eigenvalue weighted by Crippen LogP contribution is 2.33. The quantitative estimate of drug-likeness (QED) is 0.752. The Morgan fingerprint density at radius 2 is 1.90 bits per heavy atom. The van der Waals surface area contributed by atoms with E-state index in [1.807, 2.05) is 0 Å². The molecule has 1 heterocycles. The average Bonchev–Trinajstić information content (AvgIpc) is 2.47. The molecule has 1 aromatic carbocycles. The van der Waals surface area contributed by atoms with Gasteiger partial charge in [0.2, 0.25) is 0 Å². The zero-order valence-electron chi connectivity index (χ0n) is 11.2. The van der Waals surface area contributed by atoms with E-state index in [0.717, 1.165) is 6.07 Å². The van der Waals surface area contributed by atoms with Gasteiger partial charge in [0.1, 0.15) is 5.82 Å². The summed E-state index contributed by atoms with van der Waals surface area (Å²) in [6, 6.07) is 2.46. The maximum Gasteiger partial charge on any atom is 0.173 e. The minimum absolute atomic E-state index is 0.0183. The zero-order chi connectivity index (χ0) is 15.6. The van der Waals surface area contributed by atoms with Crippen molar-refractivity contribution in [3.63, 3.8) is 0 Å². The fourth-order valence-corrected chi connectivity index (χ4v) is 2.70. The molecule has 0 atom stereocenters. The van der Waals surface area contributed by atoms with E-state index in [4.69, 9.17) is 4.74 Å². The van der Waals surface area contributed by atoms with Crippen LogP contribution in [0.25, 0.3) is 11.4 Å². The van der Waals surface area contributed by atoms with Crippen LogP contribution in [-0.2, 0) is 11.3 Å². The Labute approximate surface area is 137 Å². The van der Waals surface area contributed by atoms with Crippen LogP contribution < -0.4 is 5.32 Å². The molecule has 1 N–H and O–H groups in total. The van der Waals surface area contributed by atoms with Crippen molar-refractivity contribution in [3.8, 4) is 11.4 Å². The molecule has 4 nitrogen and oxygen atoms in total. The number of hydrogen-bond acceptors (Lipinski definition) is 4. The molecule has 112 valence electrons. The van der Waals surface area contributed by atoms with Gasteiger partial charge in [0.05, 0.1) is 21.2 Å². The fourth-order valence-electron chi connectivity index (χ4n) is 1.71. The van der Waals surface area contributed by atoms with Crippen molar-refractivity contribution in [2.45, 2.75) is 6.61 Å². The van der Waals surface area contributed by atoms with Gasteiger partial charge in [0.25, 0.3) is 0 Å².